The fraction of sp³-hybridized carbons (Fsp3) is 0.375. The average molecular weight is 536 g/mol. The topological polar surface area (TPSA) is 96.2 Å². The molecule has 0 radical (unpaired) electrons. The van der Waals surface area contributed by atoms with E-state index >= 15 is 0 Å². The van der Waals surface area contributed by atoms with Crippen LogP contribution in [0.15, 0.2) is 40.1 Å². The van der Waals surface area contributed by atoms with E-state index in [1.165, 1.54) is 6.33 Å². The molecule has 26 heavy (non-hydrogen) atoms. The predicted octanol–water partition coefficient (Wildman–Crippen LogP) is 1.68. The maximum Gasteiger partial charge on any atom is 0.251 e. The van der Waals surface area contributed by atoms with Gasteiger partial charge in [-0.25, -0.2) is 9.98 Å². The fourth-order valence-electron chi connectivity index (χ4n) is 2.04. The number of carbonyl (C=O) groups is 1. The van der Waals surface area contributed by atoms with Crippen LogP contribution >= 0.6 is 39.9 Å². The summed E-state index contributed by atoms with van der Waals surface area (Å²) in [4.78, 5) is 20.7. The number of nitrogens with one attached hydrogen (secondary N) is 3. The third-order valence-electron chi connectivity index (χ3n) is 3.32. The SMILES string of the molecule is CCNC(=NCc1ncnn1C)NCCNC(=O)c1cccc(Br)c1.I. The first-order valence-electron chi connectivity index (χ1n) is 7.99. The van der Waals surface area contributed by atoms with Crippen molar-refractivity contribution in [3.8, 4) is 0 Å². The molecule has 0 aliphatic heterocycles. The van der Waals surface area contributed by atoms with Gasteiger partial charge in [-0.2, -0.15) is 5.10 Å². The molecule has 142 valence electrons. The molecule has 0 spiro atoms. The van der Waals surface area contributed by atoms with Gasteiger partial charge in [-0.3, -0.25) is 9.48 Å². The number of carbonyl (C=O) groups excluding carboxylic acids is 1. The molecule has 1 amide bonds. The molecule has 0 saturated heterocycles. The number of amides is 1. The highest BCUT2D eigenvalue weighted by Crippen LogP contribution is 2.11. The smallest absolute Gasteiger partial charge is 0.251 e. The molecule has 10 heteroatoms. The summed E-state index contributed by atoms with van der Waals surface area (Å²) >= 11 is 3.36. The Labute approximate surface area is 178 Å². The first-order chi connectivity index (χ1) is 12.1. The van der Waals surface area contributed by atoms with Gasteiger partial charge in [0.15, 0.2) is 5.96 Å². The number of guanidine groups is 1. The molecule has 2 rings (SSSR count). The summed E-state index contributed by atoms with van der Waals surface area (Å²) in [5, 5.41) is 13.2. The van der Waals surface area contributed by atoms with Crippen LogP contribution in [0.5, 0.6) is 0 Å². The van der Waals surface area contributed by atoms with Gasteiger partial charge in [-0.05, 0) is 25.1 Å². The Hall–Kier alpha value is -1.69. The standard InChI is InChI=1S/C16H22BrN7O.HI/c1-3-18-16(21-10-14-22-11-23-24(14)2)20-8-7-19-15(25)12-5-4-6-13(17)9-12;/h4-6,9,11H,3,7-8,10H2,1-2H3,(H,19,25)(H2,18,20,21);1H. The minimum absolute atomic E-state index is 0. The third-order valence-corrected chi connectivity index (χ3v) is 3.81. The molecule has 8 nitrogen and oxygen atoms in total. The van der Waals surface area contributed by atoms with Crippen LogP contribution in [0.1, 0.15) is 23.1 Å². The Morgan fingerprint density at radius 1 is 1.27 bits per heavy atom. The highest BCUT2D eigenvalue weighted by molar-refractivity contribution is 14.0. The van der Waals surface area contributed by atoms with Crippen molar-refractivity contribution in [2.24, 2.45) is 12.0 Å². The average Bonchev–Trinajstić information content (AvgIpc) is 3.01. The quantitative estimate of drug-likeness (QED) is 0.217. The van der Waals surface area contributed by atoms with Crippen molar-refractivity contribution in [2.45, 2.75) is 13.5 Å². The molecule has 0 unspecified atom stereocenters. The molecule has 0 aliphatic carbocycles. The lowest BCUT2D eigenvalue weighted by Crippen LogP contribution is -2.41. The van der Waals surface area contributed by atoms with E-state index < -0.39 is 0 Å². The number of aryl methyl sites for hydroxylation is 1. The van der Waals surface area contributed by atoms with Crippen molar-refractivity contribution in [1.29, 1.82) is 0 Å². The van der Waals surface area contributed by atoms with Crippen molar-refractivity contribution in [2.75, 3.05) is 19.6 Å². The second kappa shape index (κ2) is 11.8. The van der Waals surface area contributed by atoms with Crippen LogP contribution in [0.2, 0.25) is 0 Å². The molecule has 0 atom stereocenters. The van der Waals surface area contributed by atoms with Gasteiger partial charge in [-0.1, -0.05) is 22.0 Å². The van der Waals surface area contributed by atoms with Gasteiger partial charge in [0.1, 0.15) is 18.7 Å². The van der Waals surface area contributed by atoms with Gasteiger partial charge in [-0.15, -0.1) is 24.0 Å². The maximum absolute atomic E-state index is 12.1. The van der Waals surface area contributed by atoms with Crippen LogP contribution in [-0.2, 0) is 13.6 Å². The zero-order valence-electron chi connectivity index (χ0n) is 14.7. The Morgan fingerprint density at radius 3 is 2.69 bits per heavy atom. The van der Waals surface area contributed by atoms with E-state index in [0.29, 0.717) is 31.2 Å². The molecular formula is C16H23BrIN7O. The van der Waals surface area contributed by atoms with E-state index in [0.717, 1.165) is 16.8 Å². The number of hydrogen-bond donors (Lipinski definition) is 3. The first kappa shape index (κ1) is 22.4. The van der Waals surface area contributed by atoms with Crippen molar-refractivity contribution in [3.63, 3.8) is 0 Å². The number of rotatable bonds is 7. The van der Waals surface area contributed by atoms with Crippen molar-refractivity contribution in [1.82, 2.24) is 30.7 Å². The van der Waals surface area contributed by atoms with Gasteiger partial charge in [0.05, 0.1) is 0 Å². The largest absolute Gasteiger partial charge is 0.357 e. The lowest BCUT2D eigenvalue weighted by Gasteiger charge is -2.12. The number of nitrogens with zero attached hydrogens (tertiary/aromatic N) is 4. The zero-order chi connectivity index (χ0) is 18.1. The summed E-state index contributed by atoms with van der Waals surface area (Å²) in [5.41, 5.74) is 0.622. The lowest BCUT2D eigenvalue weighted by atomic mass is 10.2. The Balaban J connectivity index is 0.00000338. The van der Waals surface area contributed by atoms with E-state index in [2.05, 4.69) is 47.0 Å². The summed E-state index contributed by atoms with van der Waals surface area (Å²) in [6.45, 7) is 4.21. The number of aromatic nitrogens is 3. The number of halogens is 2. The summed E-state index contributed by atoms with van der Waals surface area (Å²) in [7, 11) is 1.83. The summed E-state index contributed by atoms with van der Waals surface area (Å²) < 4.78 is 2.56. The Kier molecular flexibility index (Phi) is 10.2. The number of benzene rings is 1. The third kappa shape index (κ3) is 7.28. The van der Waals surface area contributed by atoms with Gasteiger partial charge < -0.3 is 16.0 Å². The molecule has 0 fully saturated rings. The van der Waals surface area contributed by atoms with Crippen LogP contribution in [0.4, 0.5) is 0 Å². The minimum atomic E-state index is -0.107. The molecular weight excluding hydrogens is 513 g/mol. The number of hydrogen-bond acceptors (Lipinski definition) is 4. The van der Waals surface area contributed by atoms with Crippen LogP contribution in [0.25, 0.3) is 0 Å². The van der Waals surface area contributed by atoms with Crippen LogP contribution in [0.3, 0.4) is 0 Å². The molecule has 1 heterocycles. The van der Waals surface area contributed by atoms with E-state index in [1.54, 1.807) is 16.8 Å². The first-order valence-corrected chi connectivity index (χ1v) is 8.78. The minimum Gasteiger partial charge on any atom is -0.357 e. The van der Waals surface area contributed by atoms with E-state index in [1.807, 2.05) is 26.1 Å². The van der Waals surface area contributed by atoms with E-state index in [9.17, 15) is 4.79 Å². The molecule has 0 bridgehead atoms. The van der Waals surface area contributed by atoms with E-state index in [-0.39, 0.29) is 29.9 Å². The highest BCUT2D eigenvalue weighted by atomic mass is 127. The second-order valence-electron chi connectivity index (χ2n) is 5.19. The molecule has 0 aliphatic rings. The monoisotopic (exact) mass is 535 g/mol. The van der Waals surface area contributed by atoms with E-state index in [4.69, 9.17) is 0 Å². The Morgan fingerprint density at radius 2 is 2.04 bits per heavy atom. The van der Waals surface area contributed by atoms with Gasteiger partial charge in [0.2, 0.25) is 0 Å². The van der Waals surface area contributed by atoms with Crippen molar-refractivity contribution < 1.29 is 4.79 Å². The second-order valence-corrected chi connectivity index (χ2v) is 6.10. The fourth-order valence-corrected chi connectivity index (χ4v) is 2.44. The summed E-state index contributed by atoms with van der Waals surface area (Å²) in [6.07, 6.45) is 1.50. The predicted molar refractivity (Wildman–Crippen MR) is 116 cm³/mol. The molecule has 3 N–H and O–H groups in total. The zero-order valence-corrected chi connectivity index (χ0v) is 18.6. The van der Waals surface area contributed by atoms with Crippen molar-refractivity contribution in [3.05, 3.63) is 46.5 Å². The maximum atomic E-state index is 12.1. The summed E-state index contributed by atoms with van der Waals surface area (Å²) in [6, 6.07) is 7.28. The van der Waals surface area contributed by atoms with Gasteiger partial charge in [0, 0.05) is 36.7 Å². The van der Waals surface area contributed by atoms with Crippen LogP contribution in [-0.4, -0.2) is 46.3 Å². The lowest BCUT2D eigenvalue weighted by molar-refractivity contribution is 0.0954. The number of aliphatic imine (C=N–C) groups is 1. The normalized spacial score (nSPS) is 10.8. The van der Waals surface area contributed by atoms with Crippen molar-refractivity contribution >= 4 is 51.8 Å². The van der Waals surface area contributed by atoms with Crippen LogP contribution < -0.4 is 16.0 Å². The van der Waals surface area contributed by atoms with Gasteiger partial charge >= 0.3 is 0 Å². The highest BCUT2D eigenvalue weighted by Gasteiger charge is 2.05. The molecule has 1 aromatic carbocycles. The summed E-state index contributed by atoms with van der Waals surface area (Å²) in [5.74, 6) is 1.34. The van der Waals surface area contributed by atoms with Gasteiger partial charge in [0.25, 0.3) is 5.91 Å². The molecule has 2 aromatic rings. The van der Waals surface area contributed by atoms with Crippen LogP contribution in [0, 0.1) is 0 Å². The molecule has 0 saturated carbocycles. The Bertz CT molecular complexity index is 735. The molecule has 1 aromatic heterocycles.